The van der Waals surface area contributed by atoms with Crippen molar-refractivity contribution in [3.8, 4) is 5.75 Å². The Morgan fingerprint density at radius 2 is 2.00 bits per heavy atom. The lowest BCUT2D eigenvalue weighted by Gasteiger charge is -2.25. The number of nitrogens with two attached hydrogens (primary N) is 1. The largest absolute Gasteiger partial charge is 0.494 e. The van der Waals surface area contributed by atoms with Crippen LogP contribution in [0.25, 0.3) is 0 Å². The molecule has 1 aromatic heterocycles. The first-order valence-corrected chi connectivity index (χ1v) is 11.9. The number of hydrogen-bond acceptors (Lipinski definition) is 10. The quantitative estimate of drug-likeness (QED) is 0.470. The molecule has 36 heavy (non-hydrogen) atoms. The lowest BCUT2D eigenvalue weighted by molar-refractivity contribution is -0.117. The summed E-state index contributed by atoms with van der Waals surface area (Å²) in [7, 11) is 3.26. The van der Waals surface area contributed by atoms with Crippen LogP contribution in [-0.4, -0.2) is 78.9 Å². The van der Waals surface area contributed by atoms with Crippen molar-refractivity contribution in [2.24, 2.45) is 16.8 Å². The lowest BCUT2D eigenvalue weighted by Crippen LogP contribution is -2.39. The van der Waals surface area contributed by atoms with Gasteiger partial charge in [-0.2, -0.15) is 5.10 Å². The number of anilines is 3. The van der Waals surface area contributed by atoms with Crippen LogP contribution in [0, 0.1) is 5.92 Å². The summed E-state index contributed by atoms with van der Waals surface area (Å²) in [5.41, 5.74) is 8.07. The Morgan fingerprint density at radius 3 is 2.72 bits per heavy atom. The number of nitrogens with one attached hydrogen (secondary N) is 2. The van der Waals surface area contributed by atoms with Crippen molar-refractivity contribution in [2.45, 2.75) is 31.4 Å². The predicted octanol–water partition coefficient (Wildman–Crippen LogP) is 1.50. The normalized spacial score (nSPS) is 21.3. The number of ether oxygens (including phenoxy) is 3. The Morgan fingerprint density at radius 1 is 1.17 bits per heavy atom. The molecule has 1 saturated carbocycles. The first kappa shape index (κ1) is 23.9. The molecular weight excluding hydrogens is 466 g/mol. The van der Waals surface area contributed by atoms with Gasteiger partial charge in [0.2, 0.25) is 5.91 Å². The van der Waals surface area contributed by atoms with Crippen LogP contribution in [0.4, 0.5) is 17.2 Å². The van der Waals surface area contributed by atoms with E-state index >= 15 is 0 Å². The van der Waals surface area contributed by atoms with E-state index in [1.54, 1.807) is 20.3 Å². The van der Waals surface area contributed by atoms with E-state index in [0.29, 0.717) is 30.3 Å². The fourth-order valence-corrected chi connectivity index (χ4v) is 4.46. The number of carbonyl (C=O) groups excluding carboxylic acids is 2. The number of carbonyl (C=O) groups is 2. The van der Waals surface area contributed by atoms with E-state index < -0.39 is 5.91 Å². The van der Waals surface area contributed by atoms with Gasteiger partial charge in [0.15, 0.2) is 17.3 Å². The minimum atomic E-state index is -0.748. The van der Waals surface area contributed by atoms with Crippen LogP contribution in [0.2, 0.25) is 0 Å². The Labute approximate surface area is 208 Å². The maximum Gasteiger partial charge on any atom is 0.271 e. The molecule has 4 N–H and O–H groups in total. The highest BCUT2D eigenvalue weighted by molar-refractivity contribution is 6.05. The zero-order valence-electron chi connectivity index (χ0n) is 20.2. The maximum atomic E-state index is 12.2. The van der Waals surface area contributed by atoms with E-state index in [9.17, 15) is 9.59 Å². The van der Waals surface area contributed by atoms with Gasteiger partial charge in [-0.15, -0.1) is 10.2 Å². The molecule has 2 aliphatic heterocycles. The van der Waals surface area contributed by atoms with Gasteiger partial charge in [0.05, 0.1) is 43.5 Å². The van der Waals surface area contributed by atoms with E-state index in [1.165, 1.54) is 0 Å². The average Bonchev–Trinajstić information content (AvgIpc) is 3.42. The van der Waals surface area contributed by atoms with Crippen LogP contribution in [0.15, 0.2) is 29.4 Å². The molecule has 1 aromatic carbocycles. The third-order valence-electron chi connectivity index (χ3n) is 6.54. The number of benzene rings is 1. The van der Waals surface area contributed by atoms with Crippen LogP contribution in [0.3, 0.4) is 0 Å². The second-order valence-electron chi connectivity index (χ2n) is 8.97. The summed E-state index contributed by atoms with van der Waals surface area (Å²) in [6.45, 7) is 1.86. The van der Waals surface area contributed by atoms with Crippen LogP contribution < -0.4 is 21.1 Å². The molecule has 12 heteroatoms. The van der Waals surface area contributed by atoms with Crippen LogP contribution in [-0.2, 0) is 14.3 Å². The van der Waals surface area contributed by atoms with E-state index in [0.717, 1.165) is 37.1 Å². The van der Waals surface area contributed by atoms with Gasteiger partial charge < -0.3 is 30.6 Å². The van der Waals surface area contributed by atoms with Crippen molar-refractivity contribution in [2.75, 3.05) is 44.6 Å². The number of hydrazone groups is 1. The van der Waals surface area contributed by atoms with Gasteiger partial charge in [0.25, 0.3) is 5.91 Å². The zero-order chi connectivity index (χ0) is 25.2. The number of amides is 2. The molecule has 0 spiro atoms. The fraction of sp³-hybridized carbons (Fsp3) is 0.458. The van der Waals surface area contributed by atoms with Crippen molar-refractivity contribution in [3.05, 3.63) is 35.5 Å². The van der Waals surface area contributed by atoms with Gasteiger partial charge in [0.1, 0.15) is 6.10 Å². The fourth-order valence-electron chi connectivity index (χ4n) is 4.46. The SMILES string of the molecule is COc1c(Nc2cc(NC(=O)C3CC3)nnc2C(N)=O)cccc1C1=NN([C@H]2COC[C@@H]2OC)CC1. The highest BCUT2D eigenvalue weighted by Crippen LogP contribution is 2.35. The number of methoxy groups -OCH3 is 2. The third-order valence-corrected chi connectivity index (χ3v) is 6.54. The summed E-state index contributed by atoms with van der Waals surface area (Å²) in [5.74, 6) is -0.0782. The molecule has 1 saturated heterocycles. The van der Waals surface area contributed by atoms with Crippen molar-refractivity contribution in [1.29, 1.82) is 0 Å². The summed E-state index contributed by atoms with van der Waals surface area (Å²) in [6.07, 6.45) is 2.42. The smallest absolute Gasteiger partial charge is 0.271 e. The van der Waals surface area contributed by atoms with Crippen molar-refractivity contribution >= 4 is 34.7 Å². The van der Waals surface area contributed by atoms with Gasteiger partial charge >= 0.3 is 0 Å². The molecule has 12 nitrogen and oxygen atoms in total. The standard InChI is InChI=1S/C24H29N7O5/c1-34-19-12-36-11-18(19)31-9-8-15(30-31)14-4-3-5-16(22(14)35-2)26-17-10-20(27-24(33)13-6-7-13)28-29-21(17)23(25)32/h3-5,10,13,18-19H,6-9,11-12H2,1-2H3,(H2,25,32)(H2,26,27,28,33)/t18-,19-/m0/s1. The molecule has 2 atom stereocenters. The molecule has 5 rings (SSSR count). The number of para-hydroxylation sites is 1. The summed E-state index contributed by atoms with van der Waals surface area (Å²) in [5, 5.41) is 20.7. The molecule has 2 amide bonds. The van der Waals surface area contributed by atoms with Gasteiger partial charge in [-0.3, -0.25) is 14.6 Å². The summed E-state index contributed by atoms with van der Waals surface area (Å²) in [6, 6.07) is 7.22. The van der Waals surface area contributed by atoms with Gasteiger partial charge in [0, 0.05) is 37.6 Å². The maximum absolute atomic E-state index is 12.2. The first-order valence-electron chi connectivity index (χ1n) is 11.9. The molecular formula is C24H29N7O5. The van der Waals surface area contributed by atoms with E-state index in [4.69, 9.17) is 25.0 Å². The Balaban J connectivity index is 1.42. The van der Waals surface area contributed by atoms with Gasteiger partial charge in [-0.25, -0.2) is 0 Å². The first-order chi connectivity index (χ1) is 17.5. The minimum Gasteiger partial charge on any atom is -0.494 e. The lowest BCUT2D eigenvalue weighted by atomic mass is 10.1. The predicted molar refractivity (Wildman–Crippen MR) is 131 cm³/mol. The molecule has 0 bridgehead atoms. The minimum absolute atomic E-state index is 0.00230. The second kappa shape index (κ2) is 10.1. The second-order valence-corrected chi connectivity index (χ2v) is 8.97. The monoisotopic (exact) mass is 495 g/mol. The molecule has 0 radical (unpaired) electrons. The van der Waals surface area contributed by atoms with E-state index in [2.05, 4.69) is 20.8 Å². The Kier molecular flexibility index (Phi) is 6.70. The van der Waals surface area contributed by atoms with Crippen LogP contribution in [0.5, 0.6) is 5.75 Å². The summed E-state index contributed by atoms with van der Waals surface area (Å²) in [4.78, 5) is 24.2. The molecule has 1 aliphatic carbocycles. The Bertz CT molecular complexity index is 1200. The Hall–Kier alpha value is -3.77. The van der Waals surface area contributed by atoms with Crippen LogP contribution >= 0.6 is 0 Å². The van der Waals surface area contributed by atoms with E-state index in [-0.39, 0.29) is 35.5 Å². The summed E-state index contributed by atoms with van der Waals surface area (Å²) >= 11 is 0. The number of primary amides is 1. The van der Waals surface area contributed by atoms with Crippen molar-refractivity contribution in [3.63, 3.8) is 0 Å². The highest BCUT2D eigenvalue weighted by atomic mass is 16.5. The molecule has 190 valence electrons. The highest BCUT2D eigenvalue weighted by Gasteiger charge is 2.36. The number of rotatable bonds is 9. The third kappa shape index (κ3) is 4.82. The average molecular weight is 496 g/mol. The van der Waals surface area contributed by atoms with Crippen molar-refractivity contribution in [1.82, 2.24) is 15.2 Å². The number of hydrogen-bond donors (Lipinski definition) is 3. The molecule has 3 heterocycles. The molecule has 2 fully saturated rings. The number of nitrogens with zero attached hydrogens (tertiary/aromatic N) is 4. The zero-order valence-corrected chi connectivity index (χ0v) is 20.2. The van der Waals surface area contributed by atoms with Crippen LogP contribution in [0.1, 0.15) is 35.3 Å². The summed E-state index contributed by atoms with van der Waals surface area (Å²) < 4.78 is 16.9. The van der Waals surface area contributed by atoms with E-state index in [1.807, 2.05) is 23.2 Å². The molecule has 2 aromatic rings. The van der Waals surface area contributed by atoms with Gasteiger partial charge in [-0.05, 0) is 25.0 Å². The topological polar surface area (TPSA) is 153 Å². The number of aromatic nitrogens is 2. The van der Waals surface area contributed by atoms with Gasteiger partial charge in [-0.1, -0.05) is 6.07 Å². The molecule has 3 aliphatic rings. The molecule has 0 unspecified atom stereocenters. The van der Waals surface area contributed by atoms with Crippen molar-refractivity contribution < 1.29 is 23.8 Å².